The van der Waals surface area contributed by atoms with Gasteiger partial charge < -0.3 is 9.88 Å². The Kier molecular flexibility index (Phi) is 3.54. The van der Waals surface area contributed by atoms with E-state index in [4.69, 9.17) is 0 Å². The van der Waals surface area contributed by atoms with E-state index in [-0.39, 0.29) is 5.56 Å². The highest BCUT2D eigenvalue weighted by Gasteiger charge is 2.14. The monoisotopic (exact) mass is 280 g/mol. The first-order valence-electron chi connectivity index (χ1n) is 6.19. The van der Waals surface area contributed by atoms with Crippen molar-refractivity contribution in [3.8, 4) is 0 Å². The van der Waals surface area contributed by atoms with Crippen molar-refractivity contribution in [1.82, 2.24) is 30.0 Å². The number of thioether (sulfide) groups is 1. The van der Waals surface area contributed by atoms with E-state index in [1.54, 1.807) is 11.8 Å². The summed E-state index contributed by atoms with van der Waals surface area (Å²) in [6, 6.07) is 0. The Bertz CT molecular complexity index is 615. The molecular weight excluding hydrogens is 264 g/mol. The second-order valence-corrected chi connectivity index (χ2v) is 5.63. The fraction of sp³-hybridized carbons (Fsp3) is 0.545. The summed E-state index contributed by atoms with van der Waals surface area (Å²) >= 11 is 1.55. The quantitative estimate of drug-likeness (QED) is 0.606. The lowest BCUT2D eigenvalue weighted by Gasteiger charge is -2.31. The van der Waals surface area contributed by atoms with Gasteiger partial charge in [0.15, 0.2) is 10.8 Å². The molecule has 0 aromatic carbocycles. The van der Waals surface area contributed by atoms with Crippen molar-refractivity contribution in [3.05, 3.63) is 16.6 Å². The summed E-state index contributed by atoms with van der Waals surface area (Å²) in [6.45, 7) is 4.29. The molecule has 0 unspecified atom stereocenters. The predicted octanol–water partition coefficient (Wildman–Crippen LogP) is -0.0568. The minimum absolute atomic E-state index is 0.139. The van der Waals surface area contributed by atoms with Crippen molar-refractivity contribution < 1.29 is 0 Å². The molecule has 0 amide bonds. The van der Waals surface area contributed by atoms with Crippen LogP contribution in [0.2, 0.25) is 0 Å². The highest BCUT2D eigenvalue weighted by Crippen LogP contribution is 2.15. The van der Waals surface area contributed by atoms with Crippen molar-refractivity contribution in [3.63, 3.8) is 0 Å². The maximum atomic E-state index is 11.8. The number of likely N-dealkylation sites (N-methyl/N-ethyl adjacent to an activating group) is 1. The van der Waals surface area contributed by atoms with Gasteiger partial charge in [-0.2, -0.15) is 5.10 Å². The number of piperazine rings is 1. The Hall–Kier alpha value is -1.38. The second kappa shape index (κ2) is 5.32. The van der Waals surface area contributed by atoms with Crippen LogP contribution in [0.4, 0.5) is 0 Å². The molecule has 3 heterocycles. The van der Waals surface area contributed by atoms with Gasteiger partial charge >= 0.3 is 0 Å². The molecule has 2 aromatic heterocycles. The SMILES string of the molecule is CN1CCN(CSc2nc3[nH]ncc3c(=O)[nH]2)CC1. The van der Waals surface area contributed by atoms with Crippen LogP contribution in [-0.2, 0) is 0 Å². The van der Waals surface area contributed by atoms with Gasteiger partial charge in [-0.1, -0.05) is 11.8 Å². The number of nitrogens with zero attached hydrogens (tertiary/aromatic N) is 4. The lowest BCUT2D eigenvalue weighted by molar-refractivity contribution is 0.175. The maximum absolute atomic E-state index is 11.8. The second-order valence-electron chi connectivity index (χ2n) is 4.70. The molecule has 0 spiro atoms. The Morgan fingerprint density at radius 2 is 2.16 bits per heavy atom. The minimum Gasteiger partial charge on any atom is -0.304 e. The van der Waals surface area contributed by atoms with Crippen molar-refractivity contribution in [2.24, 2.45) is 0 Å². The summed E-state index contributed by atoms with van der Waals surface area (Å²) in [7, 11) is 2.13. The number of aromatic nitrogens is 4. The van der Waals surface area contributed by atoms with Crippen LogP contribution in [0.1, 0.15) is 0 Å². The first-order chi connectivity index (χ1) is 9.22. The number of aromatic amines is 2. The van der Waals surface area contributed by atoms with E-state index in [1.807, 2.05) is 0 Å². The third kappa shape index (κ3) is 2.80. The van der Waals surface area contributed by atoms with Gasteiger partial charge in [-0.3, -0.25) is 14.8 Å². The molecule has 1 fully saturated rings. The number of hydrogen-bond acceptors (Lipinski definition) is 6. The average molecular weight is 280 g/mol. The predicted molar refractivity (Wildman–Crippen MR) is 74.3 cm³/mol. The van der Waals surface area contributed by atoms with Crippen molar-refractivity contribution >= 4 is 22.8 Å². The average Bonchev–Trinajstić information content (AvgIpc) is 2.87. The summed E-state index contributed by atoms with van der Waals surface area (Å²) < 4.78 is 0. The first-order valence-corrected chi connectivity index (χ1v) is 7.18. The molecule has 1 saturated heterocycles. The molecule has 1 aliphatic heterocycles. The first kappa shape index (κ1) is 12.6. The van der Waals surface area contributed by atoms with Crippen molar-refractivity contribution in [2.75, 3.05) is 39.1 Å². The van der Waals surface area contributed by atoms with Gasteiger partial charge in [0.2, 0.25) is 0 Å². The van der Waals surface area contributed by atoms with Crippen LogP contribution in [-0.4, -0.2) is 69.1 Å². The molecule has 2 aromatic rings. The minimum atomic E-state index is -0.139. The van der Waals surface area contributed by atoms with E-state index in [1.165, 1.54) is 6.20 Å². The number of hydrogen-bond donors (Lipinski definition) is 2. The smallest absolute Gasteiger partial charge is 0.262 e. The number of nitrogens with one attached hydrogen (secondary N) is 2. The molecule has 102 valence electrons. The maximum Gasteiger partial charge on any atom is 0.262 e. The third-order valence-electron chi connectivity index (χ3n) is 3.28. The molecule has 1 aliphatic rings. The van der Waals surface area contributed by atoms with Gasteiger partial charge in [0, 0.05) is 26.2 Å². The van der Waals surface area contributed by atoms with E-state index in [0.29, 0.717) is 16.2 Å². The zero-order chi connectivity index (χ0) is 13.2. The number of rotatable bonds is 3. The molecular formula is C11H16N6OS. The van der Waals surface area contributed by atoms with Gasteiger partial charge in [-0.25, -0.2) is 4.98 Å². The van der Waals surface area contributed by atoms with Gasteiger partial charge in [0.25, 0.3) is 5.56 Å². The lowest BCUT2D eigenvalue weighted by Crippen LogP contribution is -2.44. The highest BCUT2D eigenvalue weighted by atomic mass is 32.2. The van der Waals surface area contributed by atoms with E-state index < -0.39 is 0 Å². The van der Waals surface area contributed by atoms with Gasteiger partial charge in [0.1, 0.15) is 5.39 Å². The summed E-state index contributed by atoms with van der Waals surface area (Å²) in [5, 5.41) is 7.70. The molecule has 8 heteroatoms. The van der Waals surface area contributed by atoms with Crippen LogP contribution >= 0.6 is 11.8 Å². The molecule has 0 radical (unpaired) electrons. The fourth-order valence-corrected chi connectivity index (χ4v) is 2.91. The Labute approximate surface area is 114 Å². The zero-order valence-corrected chi connectivity index (χ0v) is 11.5. The summed E-state index contributed by atoms with van der Waals surface area (Å²) in [6.07, 6.45) is 1.50. The third-order valence-corrected chi connectivity index (χ3v) is 4.24. The Morgan fingerprint density at radius 1 is 1.37 bits per heavy atom. The molecule has 2 N–H and O–H groups in total. The van der Waals surface area contributed by atoms with E-state index in [9.17, 15) is 4.79 Å². The molecule has 0 atom stereocenters. The zero-order valence-electron chi connectivity index (χ0n) is 10.7. The van der Waals surface area contributed by atoms with Gasteiger partial charge in [-0.05, 0) is 7.05 Å². The Balaban J connectivity index is 1.66. The van der Waals surface area contributed by atoms with E-state index in [0.717, 1.165) is 32.1 Å². The molecule has 7 nitrogen and oxygen atoms in total. The molecule has 3 rings (SSSR count). The molecule has 0 aliphatic carbocycles. The van der Waals surface area contributed by atoms with Crippen LogP contribution in [0.3, 0.4) is 0 Å². The van der Waals surface area contributed by atoms with E-state index >= 15 is 0 Å². The normalized spacial score (nSPS) is 18.2. The highest BCUT2D eigenvalue weighted by molar-refractivity contribution is 7.99. The van der Waals surface area contributed by atoms with Crippen LogP contribution < -0.4 is 5.56 Å². The van der Waals surface area contributed by atoms with Crippen LogP contribution in [0.25, 0.3) is 11.0 Å². The lowest BCUT2D eigenvalue weighted by atomic mass is 10.4. The topological polar surface area (TPSA) is 80.9 Å². The van der Waals surface area contributed by atoms with Crippen LogP contribution in [0.15, 0.2) is 16.1 Å². The summed E-state index contributed by atoms with van der Waals surface area (Å²) in [5.41, 5.74) is 0.407. The van der Waals surface area contributed by atoms with Gasteiger partial charge in [0.05, 0.1) is 12.1 Å². The largest absolute Gasteiger partial charge is 0.304 e. The Morgan fingerprint density at radius 3 is 2.95 bits per heavy atom. The standard InChI is InChI=1S/C11H16N6OS/c1-16-2-4-17(5-3-16)7-19-11-13-9-8(6-12-15-9)10(18)14-11/h6H,2-5,7H2,1H3,(H2,12,13,14,15,18). The molecule has 19 heavy (non-hydrogen) atoms. The van der Waals surface area contributed by atoms with E-state index in [2.05, 4.69) is 37.0 Å². The molecule has 0 saturated carbocycles. The fourth-order valence-electron chi connectivity index (χ4n) is 2.02. The van der Waals surface area contributed by atoms with Crippen molar-refractivity contribution in [2.45, 2.75) is 5.16 Å². The van der Waals surface area contributed by atoms with Crippen molar-refractivity contribution in [1.29, 1.82) is 0 Å². The number of fused-ring (bicyclic) bond motifs is 1. The summed E-state index contributed by atoms with van der Waals surface area (Å²) in [5.74, 6) is 0.844. The van der Waals surface area contributed by atoms with Gasteiger partial charge in [-0.15, -0.1) is 0 Å². The van der Waals surface area contributed by atoms with Crippen LogP contribution in [0.5, 0.6) is 0 Å². The number of H-pyrrole nitrogens is 2. The molecule has 0 bridgehead atoms. The van der Waals surface area contributed by atoms with Crippen LogP contribution in [0, 0.1) is 0 Å². The summed E-state index contributed by atoms with van der Waals surface area (Å²) in [4.78, 5) is 23.6.